The molecule has 3 nitrogen and oxygen atoms in total. The Kier molecular flexibility index (Phi) is 2.84. The SMILES string of the molecule is CC1CC(NCC2CCS(=O)(=O)C2)C1. The van der Waals surface area contributed by atoms with Crippen molar-refractivity contribution in [1.29, 1.82) is 0 Å². The van der Waals surface area contributed by atoms with E-state index in [1.54, 1.807) is 0 Å². The molecule has 1 unspecified atom stereocenters. The van der Waals surface area contributed by atoms with Crippen molar-refractivity contribution in [2.24, 2.45) is 11.8 Å². The largest absolute Gasteiger partial charge is 0.314 e. The van der Waals surface area contributed by atoms with E-state index in [4.69, 9.17) is 0 Å². The van der Waals surface area contributed by atoms with Gasteiger partial charge in [0.15, 0.2) is 9.84 Å². The lowest BCUT2D eigenvalue weighted by molar-refractivity contribution is 0.234. The summed E-state index contributed by atoms with van der Waals surface area (Å²) < 4.78 is 22.4. The predicted molar refractivity (Wildman–Crippen MR) is 56.9 cm³/mol. The molecule has 1 aliphatic carbocycles. The highest BCUT2D eigenvalue weighted by Gasteiger charge is 2.30. The van der Waals surface area contributed by atoms with Crippen LogP contribution >= 0.6 is 0 Å². The van der Waals surface area contributed by atoms with Gasteiger partial charge in [-0.25, -0.2) is 8.42 Å². The molecule has 14 heavy (non-hydrogen) atoms. The van der Waals surface area contributed by atoms with Crippen LogP contribution in [0.15, 0.2) is 0 Å². The molecule has 0 amide bonds. The Hall–Kier alpha value is -0.0900. The van der Waals surface area contributed by atoms with Gasteiger partial charge in [-0.2, -0.15) is 0 Å². The van der Waals surface area contributed by atoms with Crippen LogP contribution in [0.2, 0.25) is 0 Å². The van der Waals surface area contributed by atoms with Crippen molar-refractivity contribution in [1.82, 2.24) is 5.32 Å². The third-order valence-corrected chi connectivity index (χ3v) is 5.23. The van der Waals surface area contributed by atoms with Crippen LogP contribution in [0.25, 0.3) is 0 Å². The highest BCUT2D eigenvalue weighted by atomic mass is 32.2. The average Bonchev–Trinajstić information content (AvgIpc) is 2.37. The van der Waals surface area contributed by atoms with Crippen LogP contribution in [0.1, 0.15) is 26.2 Å². The van der Waals surface area contributed by atoms with Crippen molar-refractivity contribution in [3.05, 3.63) is 0 Å². The maximum atomic E-state index is 11.2. The summed E-state index contributed by atoms with van der Waals surface area (Å²) in [7, 11) is -2.68. The highest BCUT2D eigenvalue weighted by molar-refractivity contribution is 7.91. The van der Waals surface area contributed by atoms with Crippen LogP contribution in [-0.2, 0) is 9.84 Å². The molecule has 1 atom stereocenters. The van der Waals surface area contributed by atoms with Gasteiger partial charge in [0, 0.05) is 6.04 Å². The molecule has 2 rings (SSSR count). The first-order chi connectivity index (χ1) is 6.55. The van der Waals surface area contributed by atoms with Crippen molar-refractivity contribution in [3.63, 3.8) is 0 Å². The van der Waals surface area contributed by atoms with E-state index < -0.39 is 9.84 Å². The molecule has 0 aromatic carbocycles. The fraction of sp³-hybridized carbons (Fsp3) is 1.00. The standard InChI is InChI=1S/C10H19NO2S/c1-8-4-10(5-8)11-6-9-2-3-14(12,13)7-9/h8-11H,2-7H2,1H3. The summed E-state index contributed by atoms with van der Waals surface area (Å²) in [4.78, 5) is 0. The third-order valence-electron chi connectivity index (χ3n) is 3.40. The molecule has 0 aromatic heterocycles. The Morgan fingerprint density at radius 3 is 2.57 bits per heavy atom. The van der Waals surface area contributed by atoms with Crippen molar-refractivity contribution in [2.45, 2.75) is 32.2 Å². The van der Waals surface area contributed by atoms with Crippen LogP contribution < -0.4 is 5.32 Å². The zero-order valence-electron chi connectivity index (χ0n) is 8.70. The van der Waals surface area contributed by atoms with Gasteiger partial charge in [-0.3, -0.25) is 0 Å². The molecule has 1 N–H and O–H groups in total. The molecule has 0 aromatic rings. The van der Waals surface area contributed by atoms with Crippen molar-refractivity contribution >= 4 is 9.84 Å². The number of hydrogen-bond donors (Lipinski definition) is 1. The topological polar surface area (TPSA) is 46.2 Å². The van der Waals surface area contributed by atoms with Gasteiger partial charge in [-0.15, -0.1) is 0 Å². The second-order valence-electron chi connectivity index (χ2n) is 4.95. The van der Waals surface area contributed by atoms with Crippen LogP contribution in [0.3, 0.4) is 0 Å². The Morgan fingerprint density at radius 1 is 1.36 bits per heavy atom. The first-order valence-corrected chi connectivity index (χ1v) is 7.31. The molecule has 1 saturated heterocycles. The summed E-state index contributed by atoms with van der Waals surface area (Å²) >= 11 is 0. The molecule has 0 bridgehead atoms. The molecule has 2 aliphatic rings. The average molecular weight is 217 g/mol. The molecule has 82 valence electrons. The second-order valence-corrected chi connectivity index (χ2v) is 7.18. The predicted octanol–water partition coefficient (Wildman–Crippen LogP) is 0.809. The number of sulfone groups is 1. The molecule has 1 heterocycles. The Labute approximate surface area is 86.2 Å². The minimum atomic E-state index is -2.68. The summed E-state index contributed by atoms with van der Waals surface area (Å²) in [5.41, 5.74) is 0. The van der Waals surface area contributed by atoms with Crippen LogP contribution in [0.4, 0.5) is 0 Å². The van der Waals surface area contributed by atoms with E-state index in [2.05, 4.69) is 12.2 Å². The van der Waals surface area contributed by atoms with E-state index in [1.165, 1.54) is 12.8 Å². The highest BCUT2D eigenvalue weighted by Crippen LogP contribution is 2.27. The normalized spacial score (nSPS) is 40.8. The molecule has 0 spiro atoms. The summed E-state index contributed by atoms with van der Waals surface area (Å²) in [5, 5.41) is 3.46. The van der Waals surface area contributed by atoms with Gasteiger partial charge < -0.3 is 5.32 Å². The number of hydrogen-bond acceptors (Lipinski definition) is 3. The quantitative estimate of drug-likeness (QED) is 0.761. The third kappa shape index (κ3) is 2.48. The van der Waals surface area contributed by atoms with Crippen molar-refractivity contribution in [3.8, 4) is 0 Å². The first-order valence-electron chi connectivity index (χ1n) is 5.49. The smallest absolute Gasteiger partial charge is 0.150 e. The summed E-state index contributed by atoms with van der Waals surface area (Å²) in [6.45, 7) is 3.16. The van der Waals surface area contributed by atoms with E-state index in [0.717, 1.165) is 18.9 Å². The fourth-order valence-electron chi connectivity index (χ4n) is 2.44. The van der Waals surface area contributed by atoms with Crippen molar-refractivity contribution < 1.29 is 8.42 Å². The lowest BCUT2D eigenvalue weighted by Crippen LogP contribution is -2.42. The van der Waals surface area contributed by atoms with Gasteiger partial charge in [0.05, 0.1) is 11.5 Å². The molecule has 4 heteroatoms. The molecular formula is C10H19NO2S. The van der Waals surface area contributed by atoms with Gasteiger partial charge in [0.1, 0.15) is 0 Å². The second kappa shape index (κ2) is 3.81. The van der Waals surface area contributed by atoms with E-state index in [9.17, 15) is 8.42 Å². The van der Waals surface area contributed by atoms with Crippen molar-refractivity contribution in [2.75, 3.05) is 18.1 Å². The Balaban J connectivity index is 1.67. The molecular weight excluding hydrogens is 198 g/mol. The number of rotatable bonds is 3. The Morgan fingerprint density at radius 2 is 2.07 bits per heavy atom. The number of nitrogens with one attached hydrogen (secondary N) is 1. The van der Waals surface area contributed by atoms with Crippen LogP contribution in [0, 0.1) is 11.8 Å². The molecule has 2 fully saturated rings. The lowest BCUT2D eigenvalue weighted by Gasteiger charge is -2.34. The summed E-state index contributed by atoms with van der Waals surface area (Å²) in [6, 6.07) is 0.660. The minimum Gasteiger partial charge on any atom is -0.314 e. The molecule has 1 aliphatic heterocycles. The van der Waals surface area contributed by atoms with E-state index in [1.807, 2.05) is 0 Å². The minimum absolute atomic E-state index is 0.371. The maximum Gasteiger partial charge on any atom is 0.150 e. The Bertz CT molecular complexity index is 293. The maximum absolute atomic E-state index is 11.2. The van der Waals surface area contributed by atoms with Gasteiger partial charge in [-0.05, 0) is 37.6 Å². The van der Waals surface area contributed by atoms with Gasteiger partial charge in [0.2, 0.25) is 0 Å². The van der Waals surface area contributed by atoms with Crippen LogP contribution in [0.5, 0.6) is 0 Å². The zero-order valence-corrected chi connectivity index (χ0v) is 9.52. The molecule has 0 radical (unpaired) electrons. The summed E-state index contributed by atoms with van der Waals surface area (Å²) in [6.07, 6.45) is 3.39. The zero-order chi connectivity index (χ0) is 10.2. The van der Waals surface area contributed by atoms with E-state index in [-0.39, 0.29) is 0 Å². The fourth-order valence-corrected chi connectivity index (χ4v) is 4.30. The van der Waals surface area contributed by atoms with Gasteiger partial charge in [0.25, 0.3) is 0 Å². The van der Waals surface area contributed by atoms with Crippen LogP contribution in [-0.4, -0.2) is 32.5 Å². The van der Waals surface area contributed by atoms with Gasteiger partial charge in [-0.1, -0.05) is 6.92 Å². The molecule has 1 saturated carbocycles. The van der Waals surface area contributed by atoms with Gasteiger partial charge >= 0.3 is 0 Å². The summed E-state index contributed by atoms with van der Waals surface area (Å²) in [5.74, 6) is 2.04. The monoisotopic (exact) mass is 217 g/mol. The van der Waals surface area contributed by atoms with E-state index >= 15 is 0 Å². The lowest BCUT2D eigenvalue weighted by atomic mass is 9.82. The van der Waals surface area contributed by atoms with E-state index in [0.29, 0.717) is 23.5 Å². The first kappa shape index (κ1) is 10.4.